The van der Waals surface area contributed by atoms with Crippen molar-refractivity contribution in [2.45, 2.75) is 51.8 Å². The van der Waals surface area contributed by atoms with E-state index in [1.165, 1.54) is 11.2 Å². The number of furan rings is 1. The number of aliphatic carboxylic acids is 1. The van der Waals surface area contributed by atoms with Gasteiger partial charge in [0.2, 0.25) is 0 Å². The van der Waals surface area contributed by atoms with E-state index in [1.54, 1.807) is 42.5 Å². The second-order valence-electron chi connectivity index (χ2n) is 7.91. The third-order valence-corrected chi connectivity index (χ3v) is 5.13. The van der Waals surface area contributed by atoms with Gasteiger partial charge in [0.15, 0.2) is 17.7 Å². The summed E-state index contributed by atoms with van der Waals surface area (Å²) in [4.78, 5) is 25.2. The van der Waals surface area contributed by atoms with Crippen LogP contribution >= 0.6 is 0 Å². The predicted molar refractivity (Wildman–Crippen MR) is 121 cm³/mol. The van der Waals surface area contributed by atoms with Crippen LogP contribution in [0.15, 0.2) is 53.1 Å². The average Bonchev–Trinajstić information content (AvgIpc) is 3.48. The van der Waals surface area contributed by atoms with Crippen LogP contribution in [0, 0.1) is 0 Å². The molecule has 2 heterocycles. The first-order chi connectivity index (χ1) is 15.9. The number of aliphatic hydroxyl groups is 1. The maximum atomic E-state index is 13.2. The highest BCUT2D eigenvalue weighted by Gasteiger charge is 2.30. The molecular weight excluding hydrogens is 426 g/mol. The van der Waals surface area contributed by atoms with Gasteiger partial charge in [0, 0.05) is 24.1 Å². The molecule has 0 spiro atoms. The number of hydrogen-bond acceptors (Lipinski definition) is 6. The van der Waals surface area contributed by atoms with Gasteiger partial charge in [0.1, 0.15) is 11.4 Å². The van der Waals surface area contributed by atoms with E-state index in [0.29, 0.717) is 42.2 Å². The Hall–Kier alpha value is -3.59. The summed E-state index contributed by atoms with van der Waals surface area (Å²) in [6.45, 7) is 4.01. The van der Waals surface area contributed by atoms with Crippen LogP contribution in [-0.2, 0) is 4.79 Å². The molecule has 3 aromatic rings. The molecule has 176 valence electrons. The number of aromatic amines is 1. The number of nitrogens with zero attached hydrogens (tertiary/aromatic N) is 2. The van der Waals surface area contributed by atoms with E-state index in [-0.39, 0.29) is 18.2 Å². The fraction of sp³-hybridized carbons (Fsp3) is 0.375. The molecule has 3 rings (SSSR count). The Balaban J connectivity index is 1.71. The summed E-state index contributed by atoms with van der Waals surface area (Å²) in [6, 6.07) is 11.8. The molecule has 9 nitrogen and oxygen atoms in total. The summed E-state index contributed by atoms with van der Waals surface area (Å²) >= 11 is 0. The number of carboxylic acids is 1. The number of amides is 1. The molecular formula is C24H29N3O6. The number of nitrogens with one attached hydrogen (secondary N) is 1. The van der Waals surface area contributed by atoms with Crippen LogP contribution in [0.3, 0.4) is 0 Å². The van der Waals surface area contributed by atoms with Gasteiger partial charge < -0.3 is 24.3 Å². The molecule has 0 saturated heterocycles. The SMILES string of the molecule is CC(C)N(C(=O)c1cc(-c2ccco2)[nH]n1)C(O)c1ccccc1OCCCCCC(=O)O. The van der Waals surface area contributed by atoms with Crippen molar-refractivity contribution < 1.29 is 29.0 Å². The molecule has 0 saturated carbocycles. The van der Waals surface area contributed by atoms with Crippen LogP contribution in [0.2, 0.25) is 0 Å². The van der Waals surface area contributed by atoms with Crippen molar-refractivity contribution in [3.8, 4) is 17.2 Å². The first kappa shape index (κ1) is 24.1. The lowest BCUT2D eigenvalue weighted by Gasteiger charge is -2.32. The number of ether oxygens (including phenoxy) is 1. The second-order valence-corrected chi connectivity index (χ2v) is 7.91. The van der Waals surface area contributed by atoms with Crippen LogP contribution in [0.5, 0.6) is 5.75 Å². The number of aliphatic hydroxyl groups excluding tert-OH is 1. The second kappa shape index (κ2) is 11.3. The summed E-state index contributed by atoms with van der Waals surface area (Å²) in [5.41, 5.74) is 1.19. The maximum Gasteiger partial charge on any atom is 0.303 e. The molecule has 1 amide bonds. The normalized spacial score (nSPS) is 12.0. The summed E-state index contributed by atoms with van der Waals surface area (Å²) in [5.74, 6) is -0.216. The van der Waals surface area contributed by atoms with Gasteiger partial charge in [-0.05, 0) is 51.3 Å². The van der Waals surface area contributed by atoms with E-state index in [2.05, 4.69) is 10.2 Å². The van der Waals surface area contributed by atoms with Crippen LogP contribution in [0.25, 0.3) is 11.5 Å². The highest BCUT2D eigenvalue weighted by molar-refractivity contribution is 5.93. The molecule has 1 aromatic carbocycles. The minimum absolute atomic E-state index is 0.135. The summed E-state index contributed by atoms with van der Waals surface area (Å²) in [7, 11) is 0. The summed E-state index contributed by atoms with van der Waals surface area (Å²) < 4.78 is 11.2. The fourth-order valence-electron chi connectivity index (χ4n) is 3.46. The highest BCUT2D eigenvalue weighted by atomic mass is 16.5. The number of benzene rings is 1. The minimum Gasteiger partial charge on any atom is -0.493 e. The number of aromatic nitrogens is 2. The molecule has 2 aromatic heterocycles. The zero-order valence-corrected chi connectivity index (χ0v) is 18.7. The molecule has 3 N–H and O–H groups in total. The third kappa shape index (κ3) is 6.23. The Bertz CT molecular complexity index is 1040. The Kier molecular flexibility index (Phi) is 8.26. The Morgan fingerprint density at radius 2 is 1.94 bits per heavy atom. The highest BCUT2D eigenvalue weighted by Crippen LogP contribution is 2.30. The number of para-hydroxylation sites is 1. The van der Waals surface area contributed by atoms with Crippen molar-refractivity contribution in [3.05, 3.63) is 60.0 Å². The number of hydrogen-bond donors (Lipinski definition) is 3. The first-order valence-corrected chi connectivity index (χ1v) is 10.9. The zero-order chi connectivity index (χ0) is 23.8. The molecule has 33 heavy (non-hydrogen) atoms. The van der Waals surface area contributed by atoms with Crippen LogP contribution in [-0.4, -0.2) is 49.8 Å². The standard InChI is InChI=1S/C24H29N3O6/c1-16(2)27(24(31)19-15-18(25-26-19)21-11-8-14-33-21)23(30)17-9-5-6-10-20(17)32-13-7-3-4-12-22(28)29/h5-6,8-11,14-16,23,30H,3-4,7,12-13H2,1-2H3,(H,25,26)(H,28,29). The quantitative estimate of drug-likeness (QED) is 0.275. The van der Waals surface area contributed by atoms with Crippen molar-refractivity contribution in [3.63, 3.8) is 0 Å². The van der Waals surface area contributed by atoms with Crippen LogP contribution in [0.4, 0.5) is 0 Å². The summed E-state index contributed by atoms with van der Waals surface area (Å²) in [5, 5.41) is 26.8. The number of carboxylic acid groups (broad SMARTS) is 1. The van der Waals surface area contributed by atoms with Gasteiger partial charge in [0.25, 0.3) is 5.91 Å². The number of H-pyrrole nitrogens is 1. The van der Waals surface area contributed by atoms with Gasteiger partial charge >= 0.3 is 5.97 Å². The third-order valence-electron chi connectivity index (χ3n) is 5.13. The molecule has 1 unspecified atom stereocenters. The Morgan fingerprint density at radius 3 is 2.64 bits per heavy atom. The van der Waals surface area contributed by atoms with E-state index in [0.717, 1.165) is 6.42 Å². The van der Waals surface area contributed by atoms with Gasteiger partial charge in [0.05, 0.1) is 12.9 Å². The molecule has 0 aliphatic rings. The largest absolute Gasteiger partial charge is 0.493 e. The smallest absolute Gasteiger partial charge is 0.303 e. The first-order valence-electron chi connectivity index (χ1n) is 10.9. The van der Waals surface area contributed by atoms with E-state index in [4.69, 9.17) is 14.3 Å². The van der Waals surface area contributed by atoms with Gasteiger partial charge in [-0.15, -0.1) is 0 Å². The minimum atomic E-state index is -1.25. The lowest BCUT2D eigenvalue weighted by molar-refractivity contribution is -0.137. The van der Waals surface area contributed by atoms with E-state index in [9.17, 15) is 14.7 Å². The number of unbranched alkanes of at least 4 members (excludes halogenated alkanes) is 2. The molecule has 0 aliphatic heterocycles. The average molecular weight is 456 g/mol. The van der Waals surface area contributed by atoms with Crippen LogP contribution in [0.1, 0.15) is 61.8 Å². The molecule has 0 aliphatic carbocycles. The zero-order valence-electron chi connectivity index (χ0n) is 18.7. The molecule has 1 atom stereocenters. The van der Waals surface area contributed by atoms with Gasteiger partial charge in [-0.25, -0.2) is 0 Å². The van der Waals surface area contributed by atoms with Gasteiger partial charge in [-0.2, -0.15) is 5.10 Å². The number of carbonyl (C=O) groups excluding carboxylic acids is 1. The maximum absolute atomic E-state index is 13.2. The van der Waals surface area contributed by atoms with E-state index in [1.807, 2.05) is 13.8 Å². The van der Waals surface area contributed by atoms with Crippen LogP contribution < -0.4 is 4.74 Å². The van der Waals surface area contributed by atoms with Gasteiger partial charge in [-0.1, -0.05) is 18.2 Å². The molecule has 9 heteroatoms. The Morgan fingerprint density at radius 1 is 1.15 bits per heavy atom. The molecule has 0 bridgehead atoms. The van der Waals surface area contributed by atoms with Gasteiger partial charge in [-0.3, -0.25) is 14.7 Å². The number of rotatable bonds is 12. The number of carbonyl (C=O) groups is 2. The van der Waals surface area contributed by atoms with E-state index >= 15 is 0 Å². The van der Waals surface area contributed by atoms with Crippen molar-refractivity contribution >= 4 is 11.9 Å². The van der Waals surface area contributed by atoms with Crippen molar-refractivity contribution in [2.75, 3.05) is 6.61 Å². The Labute approximate surface area is 192 Å². The van der Waals surface area contributed by atoms with E-state index < -0.39 is 18.1 Å². The lowest BCUT2D eigenvalue weighted by atomic mass is 10.1. The monoisotopic (exact) mass is 455 g/mol. The summed E-state index contributed by atoms with van der Waals surface area (Å²) in [6.07, 6.45) is 2.42. The molecule has 0 radical (unpaired) electrons. The topological polar surface area (TPSA) is 129 Å². The van der Waals surface area contributed by atoms with Crippen molar-refractivity contribution in [1.29, 1.82) is 0 Å². The van der Waals surface area contributed by atoms with Crippen molar-refractivity contribution in [2.24, 2.45) is 0 Å². The van der Waals surface area contributed by atoms with Crippen molar-refractivity contribution in [1.82, 2.24) is 15.1 Å². The fourth-order valence-corrected chi connectivity index (χ4v) is 3.46. The predicted octanol–water partition coefficient (Wildman–Crippen LogP) is 4.24. The lowest BCUT2D eigenvalue weighted by Crippen LogP contribution is -2.40. The molecule has 0 fully saturated rings.